The molecule has 118 valence electrons. The Hall–Kier alpha value is -1.30. The molecule has 21 heavy (non-hydrogen) atoms. The molecule has 0 radical (unpaired) electrons. The highest BCUT2D eigenvalue weighted by molar-refractivity contribution is 5.50. The third-order valence-corrected chi connectivity index (χ3v) is 4.01. The van der Waals surface area contributed by atoms with Crippen molar-refractivity contribution < 1.29 is 14.2 Å². The van der Waals surface area contributed by atoms with E-state index in [2.05, 4.69) is 24.0 Å². The van der Waals surface area contributed by atoms with Gasteiger partial charge in [0.25, 0.3) is 0 Å². The van der Waals surface area contributed by atoms with Crippen LogP contribution in [0.5, 0.6) is 11.5 Å². The first-order valence-corrected chi connectivity index (χ1v) is 7.37. The number of benzene rings is 1. The lowest BCUT2D eigenvalue weighted by Crippen LogP contribution is -2.33. The Morgan fingerprint density at radius 2 is 2.19 bits per heavy atom. The topological polar surface area (TPSA) is 57.0 Å². The summed E-state index contributed by atoms with van der Waals surface area (Å²) < 4.78 is 16.6. The molecule has 0 aliphatic carbocycles. The van der Waals surface area contributed by atoms with Crippen molar-refractivity contribution in [1.82, 2.24) is 4.90 Å². The zero-order valence-electron chi connectivity index (χ0n) is 13.4. The summed E-state index contributed by atoms with van der Waals surface area (Å²) in [6, 6.07) is 4.25. The molecule has 1 aliphatic rings. The zero-order valence-corrected chi connectivity index (χ0v) is 13.4. The van der Waals surface area contributed by atoms with Crippen LogP contribution in [0, 0.1) is 0 Å². The van der Waals surface area contributed by atoms with Crippen molar-refractivity contribution in [2.75, 3.05) is 41.0 Å². The zero-order chi connectivity index (χ0) is 15.4. The van der Waals surface area contributed by atoms with E-state index >= 15 is 0 Å². The highest BCUT2D eigenvalue weighted by atomic mass is 16.5. The molecule has 0 spiro atoms. The molecule has 1 aromatic carbocycles. The van der Waals surface area contributed by atoms with Crippen molar-refractivity contribution in [3.63, 3.8) is 0 Å². The number of ether oxygens (including phenoxy) is 3. The van der Waals surface area contributed by atoms with Gasteiger partial charge in [0, 0.05) is 37.7 Å². The Labute approximate surface area is 127 Å². The largest absolute Gasteiger partial charge is 0.496 e. The summed E-state index contributed by atoms with van der Waals surface area (Å²) in [6.07, 6.45) is 1.15. The molecule has 2 N–H and O–H groups in total. The van der Waals surface area contributed by atoms with Crippen molar-refractivity contribution in [2.45, 2.75) is 25.5 Å². The van der Waals surface area contributed by atoms with Crippen LogP contribution < -0.4 is 15.2 Å². The van der Waals surface area contributed by atoms with Crippen LogP contribution in [0.15, 0.2) is 12.1 Å². The molecule has 1 aliphatic heterocycles. The second-order valence-corrected chi connectivity index (χ2v) is 5.56. The SMILES string of the molecule is COCCN(C)C(CN)c1cc2c(cc1OC)CC(C)O2. The molecular weight excluding hydrogens is 268 g/mol. The van der Waals surface area contributed by atoms with E-state index in [-0.39, 0.29) is 12.1 Å². The normalized spacial score (nSPS) is 18.5. The molecule has 2 atom stereocenters. The van der Waals surface area contributed by atoms with Gasteiger partial charge in [-0.25, -0.2) is 0 Å². The molecule has 0 saturated carbocycles. The first-order chi connectivity index (χ1) is 10.1. The van der Waals surface area contributed by atoms with E-state index in [1.807, 2.05) is 7.05 Å². The van der Waals surface area contributed by atoms with Crippen LogP contribution in [0.1, 0.15) is 24.1 Å². The minimum absolute atomic E-state index is 0.0832. The maximum absolute atomic E-state index is 5.99. The Bertz CT molecular complexity index is 479. The van der Waals surface area contributed by atoms with E-state index in [4.69, 9.17) is 19.9 Å². The van der Waals surface area contributed by atoms with Gasteiger partial charge in [-0.15, -0.1) is 0 Å². The number of nitrogens with two attached hydrogens (primary N) is 1. The Morgan fingerprint density at radius 1 is 1.43 bits per heavy atom. The summed E-state index contributed by atoms with van der Waals surface area (Å²) in [5.41, 5.74) is 8.28. The highest BCUT2D eigenvalue weighted by Crippen LogP contribution is 2.38. The first kappa shape index (κ1) is 16.1. The van der Waals surface area contributed by atoms with Crippen molar-refractivity contribution >= 4 is 0 Å². The van der Waals surface area contributed by atoms with Gasteiger partial charge in [0.05, 0.1) is 19.8 Å². The number of likely N-dealkylation sites (N-methyl/N-ethyl adjacent to an activating group) is 1. The molecule has 5 nitrogen and oxygen atoms in total. The van der Waals surface area contributed by atoms with Crippen LogP contribution >= 0.6 is 0 Å². The number of hydrogen-bond acceptors (Lipinski definition) is 5. The number of methoxy groups -OCH3 is 2. The van der Waals surface area contributed by atoms with E-state index < -0.39 is 0 Å². The molecule has 1 aromatic rings. The summed E-state index contributed by atoms with van der Waals surface area (Å²) in [6.45, 7) is 4.09. The summed E-state index contributed by atoms with van der Waals surface area (Å²) in [4.78, 5) is 2.19. The third-order valence-electron chi connectivity index (χ3n) is 4.01. The number of rotatable bonds is 7. The average molecular weight is 294 g/mol. The highest BCUT2D eigenvalue weighted by Gasteiger charge is 2.26. The Kier molecular flexibility index (Phi) is 5.45. The Balaban J connectivity index is 2.30. The number of hydrogen-bond donors (Lipinski definition) is 1. The van der Waals surface area contributed by atoms with Gasteiger partial charge in [0.1, 0.15) is 17.6 Å². The number of fused-ring (bicyclic) bond motifs is 1. The average Bonchev–Trinajstić information content (AvgIpc) is 2.84. The first-order valence-electron chi connectivity index (χ1n) is 7.37. The summed E-state index contributed by atoms with van der Waals surface area (Å²) >= 11 is 0. The fraction of sp³-hybridized carbons (Fsp3) is 0.625. The lowest BCUT2D eigenvalue weighted by molar-refractivity contribution is 0.139. The van der Waals surface area contributed by atoms with Gasteiger partial charge < -0.3 is 19.9 Å². The van der Waals surface area contributed by atoms with Crippen molar-refractivity contribution in [3.8, 4) is 11.5 Å². The van der Waals surface area contributed by atoms with Gasteiger partial charge >= 0.3 is 0 Å². The van der Waals surface area contributed by atoms with Crippen molar-refractivity contribution in [1.29, 1.82) is 0 Å². The number of nitrogens with zero attached hydrogens (tertiary/aromatic N) is 1. The molecule has 2 rings (SSSR count). The predicted molar refractivity (Wildman–Crippen MR) is 83.1 cm³/mol. The minimum atomic E-state index is 0.0832. The van der Waals surface area contributed by atoms with E-state index in [0.717, 1.165) is 30.0 Å². The van der Waals surface area contributed by atoms with E-state index in [1.54, 1.807) is 14.2 Å². The van der Waals surface area contributed by atoms with Crippen LogP contribution in [-0.4, -0.2) is 52.0 Å². The van der Waals surface area contributed by atoms with Gasteiger partial charge in [-0.1, -0.05) is 0 Å². The maximum atomic E-state index is 5.99. The van der Waals surface area contributed by atoms with Gasteiger partial charge in [0.2, 0.25) is 0 Å². The lowest BCUT2D eigenvalue weighted by Gasteiger charge is -2.28. The monoisotopic (exact) mass is 294 g/mol. The van der Waals surface area contributed by atoms with Crippen LogP contribution in [0.2, 0.25) is 0 Å². The van der Waals surface area contributed by atoms with Crippen LogP contribution in [0.4, 0.5) is 0 Å². The smallest absolute Gasteiger partial charge is 0.124 e. The van der Waals surface area contributed by atoms with E-state index in [9.17, 15) is 0 Å². The van der Waals surface area contributed by atoms with Crippen LogP contribution in [0.25, 0.3) is 0 Å². The predicted octanol–water partition coefficient (Wildman–Crippen LogP) is 1.60. The molecule has 0 fully saturated rings. The fourth-order valence-electron chi connectivity index (χ4n) is 2.83. The van der Waals surface area contributed by atoms with E-state index in [1.165, 1.54) is 5.56 Å². The second kappa shape index (κ2) is 7.11. The molecule has 5 heteroatoms. The van der Waals surface area contributed by atoms with Gasteiger partial charge in [-0.2, -0.15) is 0 Å². The Morgan fingerprint density at radius 3 is 2.81 bits per heavy atom. The van der Waals surface area contributed by atoms with Crippen LogP contribution in [0.3, 0.4) is 0 Å². The molecular formula is C16H26N2O3. The second-order valence-electron chi connectivity index (χ2n) is 5.56. The molecule has 1 heterocycles. The third kappa shape index (κ3) is 3.48. The molecule has 2 unspecified atom stereocenters. The molecule has 0 aromatic heterocycles. The fourth-order valence-corrected chi connectivity index (χ4v) is 2.83. The molecule has 0 amide bonds. The lowest BCUT2D eigenvalue weighted by atomic mass is 10.00. The van der Waals surface area contributed by atoms with Crippen molar-refractivity contribution in [2.24, 2.45) is 5.73 Å². The standard InChI is InChI=1S/C16H26N2O3/c1-11-7-12-8-16(20-4)13(9-15(12)21-11)14(10-17)18(2)5-6-19-3/h8-9,11,14H,5-7,10,17H2,1-4H3. The van der Waals surface area contributed by atoms with E-state index in [0.29, 0.717) is 13.2 Å². The quantitative estimate of drug-likeness (QED) is 0.828. The minimum Gasteiger partial charge on any atom is -0.496 e. The molecule has 0 bridgehead atoms. The summed E-state index contributed by atoms with van der Waals surface area (Å²) in [5, 5.41) is 0. The van der Waals surface area contributed by atoms with Gasteiger partial charge in [-0.05, 0) is 26.1 Å². The van der Waals surface area contributed by atoms with Crippen molar-refractivity contribution in [3.05, 3.63) is 23.3 Å². The maximum Gasteiger partial charge on any atom is 0.124 e. The molecule has 0 saturated heterocycles. The van der Waals surface area contributed by atoms with Crippen LogP contribution in [-0.2, 0) is 11.2 Å². The van der Waals surface area contributed by atoms with Gasteiger partial charge in [-0.3, -0.25) is 4.90 Å². The summed E-state index contributed by atoms with van der Waals surface area (Å²) in [5.74, 6) is 1.84. The van der Waals surface area contributed by atoms with Gasteiger partial charge in [0.15, 0.2) is 0 Å². The summed E-state index contributed by atoms with van der Waals surface area (Å²) in [7, 11) is 5.45.